The van der Waals surface area contributed by atoms with E-state index in [2.05, 4.69) is 30.3 Å². The van der Waals surface area contributed by atoms with Gasteiger partial charge in [0.2, 0.25) is 0 Å². The molecule has 4 aromatic rings. The number of aromatic amines is 1. The molecule has 2 aliphatic rings. The van der Waals surface area contributed by atoms with Gasteiger partial charge in [0.15, 0.2) is 0 Å². The molecule has 200 valence electrons. The van der Waals surface area contributed by atoms with E-state index >= 15 is 0 Å². The van der Waals surface area contributed by atoms with Gasteiger partial charge in [-0.2, -0.15) is 5.10 Å². The van der Waals surface area contributed by atoms with Crippen LogP contribution < -0.4 is 15.8 Å². The molecule has 1 aliphatic carbocycles. The first-order chi connectivity index (χ1) is 18.6. The second-order valence-electron chi connectivity index (χ2n) is 10.5. The minimum Gasteiger partial charge on any atom is -0.490 e. The van der Waals surface area contributed by atoms with E-state index in [0.717, 1.165) is 60.3 Å². The summed E-state index contributed by atoms with van der Waals surface area (Å²) >= 11 is 0. The number of nitrogens with zero attached hydrogens (tertiary/aromatic N) is 5. The van der Waals surface area contributed by atoms with Crippen LogP contribution in [-0.2, 0) is 6.54 Å². The number of ether oxygens (including phenoxy) is 1. The molecule has 1 aliphatic heterocycles. The lowest BCUT2D eigenvalue weighted by atomic mass is 9.93. The highest BCUT2D eigenvalue weighted by molar-refractivity contribution is 5.89. The highest BCUT2D eigenvalue weighted by atomic mass is 19.1. The number of fused-ring (bicyclic) bond motifs is 1. The Balaban J connectivity index is 1.03. The van der Waals surface area contributed by atoms with Crippen molar-refractivity contribution in [2.75, 3.05) is 26.2 Å². The second-order valence-corrected chi connectivity index (χ2v) is 10.5. The van der Waals surface area contributed by atoms with Gasteiger partial charge in [-0.3, -0.25) is 4.68 Å². The summed E-state index contributed by atoms with van der Waals surface area (Å²) in [5.74, 6) is 0.382. The summed E-state index contributed by atoms with van der Waals surface area (Å²) in [4.78, 5) is 14.3. The van der Waals surface area contributed by atoms with Gasteiger partial charge in [-0.15, -0.1) is 0 Å². The van der Waals surface area contributed by atoms with Crippen molar-refractivity contribution in [3.05, 3.63) is 60.6 Å². The predicted molar refractivity (Wildman–Crippen MR) is 144 cm³/mol. The fourth-order valence-corrected chi connectivity index (χ4v) is 5.39. The lowest BCUT2D eigenvalue weighted by molar-refractivity contribution is 0.0912. The van der Waals surface area contributed by atoms with Crippen molar-refractivity contribution in [2.24, 2.45) is 5.73 Å². The molecule has 1 unspecified atom stereocenters. The van der Waals surface area contributed by atoms with Gasteiger partial charge in [-0.1, -0.05) is 6.42 Å². The van der Waals surface area contributed by atoms with Gasteiger partial charge in [-0.25, -0.2) is 14.4 Å². The molecule has 0 spiro atoms. The molecule has 10 heteroatoms. The predicted octanol–water partition coefficient (Wildman–Crippen LogP) is 3.65. The summed E-state index contributed by atoms with van der Waals surface area (Å²) in [6.45, 7) is 3.78. The standard InChI is InChI=1S/C28H35FN8O/c29-21-10-19(14-32-22-2-1-3-22)11-25(12-21)38-24-5-8-36(9-6-24)17-23(13-30)37-16-20(15-35-37)27-26-4-7-31-28(26)34-18-33-27/h4,7,10-12,15-16,18,22-24,32H,1-3,5-6,8-9,13-14,17,30H2,(H,31,33,34). The van der Waals surface area contributed by atoms with Crippen LogP contribution >= 0.6 is 0 Å². The maximum absolute atomic E-state index is 14.2. The van der Waals surface area contributed by atoms with Gasteiger partial charge in [0.25, 0.3) is 0 Å². The lowest BCUT2D eigenvalue weighted by Crippen LogP contribution is -2.42. The van der Waals surface area contributed by atoms with E-state index in [9.17, 15) is 4.39 Å². The third kappa shape index (κ3) is 5.57. The number of aromatic nitrogens is 5. The SMILES string of the molecule is NCC(CN1CCC(Oc2cc(F)cc(CNC3CCC3)c2)CC1)n1cc(-c2ncnc3[nH]ccc23)cn1. The zero-order chi connectivity index (χ0) is 25.9. The average molecular weight is 519 g/mol. The monoisotopic (exact) mass is 518 g/mol. The van der Waals surface area contributed by atoms with Crippen molar-refractivity contribution in [1.29, 1.82) is 0 Å². The van der Waals surface area contributed by atoms with Gasteiger partial charge in [0.1, 0.15) is 29.6 Å². The number of nitrogens with one attached hydrogen (secondary N) is 2. The number of hydrogen-bond acceptors (Lipinski definition) is 7. The number of likely N-dealkylation sites (tertiary alicyclic amines) is 1. The minimum absolute atomic E-state index is 0.0544. The smallest absolute Gasteiger partial charge is 0.141 e. The summed E-state index contributed by atoms with van der Waals surface area (Å²) in [6.07, 6.45) is 12.8. The van der Waals surface area contributed by atoms with Crippen molar-refractivity contribution in [3.8, 4) is 17.0 Å². The highest BCUT2D eigenvalue weighted by Gasteiger charge is 2.24. The van der Waals surface area contributed by atoms with Crippen LogP contribution in [0.4, 0.5) is 4.39 Å². The summed E-state index contributed by atoms with van der Waals surface area (Å²) in [5.41, 5.74) is 9.72. The highest BCUT2D eigenvalue weighted by Crippen LogP contribution is 2.26. The number of halogens is 1. The Morgan fingerprint density at radius 1 is 1.16 bits per heavy atom. The molecule has 4 heterocycles. The third-order valence-electron chi connectivity index (χ3n) is 7.81. The van der Waals surface area contributed by atoms with Crippen LogP contribution in [0, 0.1) is 5.82 Å². The lowest BCUT2D eigenvalue weighted by Gasteiger charge is -2.34. The van der Waals surface area contributed by atoms with Crippen LogP contribution in [0.3, 0.4) is 0 Å². The summed E-state index contributed by atoms with van der Waals surface area (Å²) in [7, 11) is 0. The maximum Gasteiger partial charge on any atom is 0.141 e. The Kier molecular flexibility index (Phi) is 7.35. The fraction of sp³-hybridized carbons (Fsp3) is 0.464. The van der Waals surface area contributed by atoms with Crippen molar-refractivity contribution < 1.29 is 9.13 Å². The van der Waals surface area contributed by atoms with E-state index in [0.29, 0.717) is 24.9 Å². The molecule has 0 radical (unpaired) electrons. The molecular weight excluding hydrogens is 483 g/mol. The molecule has 2 fully saturated rings. The molecule has 38 heavy (non-hydrogen) atoms. The fourth-order valence-electron chi connectivity index (χ4n) is 5.39. The van der Waals surface area contributed by atoms with E-state index in [1.54, 1.807) is 12.4 Å². The molecular formula is C28H35FN8O. The zero-order valence-corrected chi connectivity index (χ0v) is 21.5. The molecule has 1 saturated heterocycles. The van der Waals surface area contributed by atoms with Crippen LogP contribution in [0.25, 0.3) is 22.3 Å². The first-order valence-corrected chi connectivity index (χ1v) is 13.6. The number of nitrogens with two attached hydrogens (primary N) is 1. The number of benzene rings is 1. The van der Waals surface area contributed by atoms with E-state index in [1.807, 2.05) is 35.4 Å². The number of hydrogen-bond donors (Lipinski definition) is 3. The summed E-state index contributed by atoms with van der Waals surface area (Å²) < 4.78 is 22.4. The second kappa shape index (κ2) is 11.2. The van der Waals surface area contributed by atoms with Crippen molar-refractivity contribution >= 4 is 11.0 Å². The third-order valence-corrected chi connectivity index (χ3v) is 7.81. The van der Waals surface area contributed by atoms with Crippen molar-refractivity contribution in [3.63, 3.8) is 0 Å². The van der Waals surface area contributed by atoms with Crippen LogP contribution in [0.15, 0.2) is 49.2 Å². The van der Waals surface area contributed by atoms with E-state index in [4.69, 9.17) is 10.5 Å². The van der Waals surface area contributed by atoms with Gasteiger partial charge < -0.3 is 25.7 Å². The van der Waals surface area contributed by atoms with Crippen LogP contribution in [0.2, 0.25) is 0 Å². The van der Waals surface area contributed by atoms with Gasteiger partial charge in [0.05, 0.1) is 17.9 Å². The van der Waals surface area contributed by atoms with Gasteiger partial charge >= 0.3 is 0 Å². The van der Waals surface area contributed by atoms with Gasteiger partial charge in [-0.05, 0) is 49.4 Å². The molecule has 1 atom stereocenters. The largest absolute Gasteiger partial charge is 0.490 e. The zero-order valence-electron chi connectivity index (χ0n) is 21.5. The van der Waals surface area contributed by atoms with Crippen molar-refractivity contribution in [2.45, 2.75) is 56.8 Å². The van der Waals surface area contributed by atoms with Crippen molar-refractivity contribution in [1.82, 2.24) is 34.9 Å². The summed E-state index contributed by atoms with van der Waals surface area (Å²) in [5, 5.41) is 9.09. The normalized spacial score (nSPS) is 18.1. The Hall–Kier alpha value is -3.34. The number of H-pyrrole nitrogens is 1. The van der Waals surface area contributed by atoms with E-state index in [-0.39, 0.29) is 18.0 Å². The van der Waals surface area contributed by atoms with E-state index in [1.165, 1.54) is 25.3 Å². The Morgan fingerprint density at radius 3 is 2.82 bits per heavy atom. The van der Waals surface area contributed by atoms with E-state index < -0.39 is 0 Å². The van der Waals surface area contributed by atoms with Crippen LogP contribution in [0.1, 0.15) is 43.7 Å². The van der Waals surface area contributed by atoms with Crippen LogP contribution in [0.5, 0.6) is 5.75 Å². The molecule has 1 aromatic carbocycles. The molecule has 6 rings (SSSR count). The molecule has 1 saturated carbocycles. The first-order valence-electron chi connectivity index (χ1n) is 13.6. The Morgan fingerprint density at radius 2 is 2.03 bits per heavy atom. The molecule has 0 amide bonds. The average Bonchev–Trinajstić information content (AvgIpc) is 3.57. The summed E-state index contributed by atoms with van der Waals surface area (Å²) in [6, 6.07) is 7.67. The maximum atomic E-state index is 14.2. The first kappa shape index (κ1) is 25.0. The molecule has 4 N–H and O–H groups in total. The topological polar surface area (TPSA) is 110 Å². The molecule has 3 aromatic heterocycles. The number of piperidine rings is 1. The Bertz CT molecular complexity index is 1360. The Labute approximate surface area is 221 Å². The van der Waals surface area contributed by atoms with Gasteiger partial charge in [0, 0.05) is 68.2 Å². The quantitative estimate of drug-likeness (QED) is 0.294. The minimum atomic E-state index is -0.242. The van der Waals surface area contributed by atoms with Crippen LogP contribution in [-0.4, -0.2) is 68.0 Å². The molecule has 9 nitrogen and oxygen atoms in total. The number of rotatable bonds is 10. The molecule has 0 bridgehead atoms.